The van der Waals surface area contributed by atoms with Crippen molar-refractivity contribution in [2.45, 2.75) is 10.8 Å². The van der Waals surface area contributed by atoms with E-state index in [0.717, 1.165) is 11.1 Å². The predicted octanol–water partition coefficient (Wildman–Crippen LogP) is 5.21. The molecule has 0 bridgehead atoms. The third-order valence-corrected chi connectivity index (χ3v) is 3.49. The Balaban J connectivity index is 2.20. The lowest BCUT2D eigenvalue weighted by Gasteiger charge is -2.20. The van der Waals surface area contributed by atoms with Crippen LogP contribution in [0.3, 0.4) is 0 Å². The van der Waals surface area contributed by atoms with Crippen LogP contribution in [0.5, 0.6) is 0 Å². The molecule has 0 heterocycles. The zero-order valence-electron chi connectivity index (χ0n) is 9.04. The topological polar surface area (TPSA) is 0 Å². The van der Waals surface area contributed by atoms with Crippen molar-refractivity contribution in [3.8, 4) is 0 Å². The van der Waals surface area contributed by atoms with Crippen molar-refractivity contribution in [1.29, 1.82) is 0 Å². The van der Waals surface area contributed by atoms with Gasteiger partial charge in [-0.15, -0.1) is 0 Å². The molecule has 17 heavy (non-hydrogen) atoms. The van der Waals surface area contributed by atoms with Gasteiger partial charge in [0.1, 0.15) is 4.33 Å². The van der Waals surface area contributed by atoms with Gasteiger partial charge in [0.25, 0.3) is 0 Å². The highest BCUT2D eigenvalue weighted by molar-refractivity contribution is 6.48. The van der Waals surface area contributed by atoms with Gasteiger partial charge >= 0.3 is 0 Å². The highest BCUT2D eigenvalue weighted by atomic mass is 35.5. The van der Waals surface area contributed by atoms with Gasteiger partial charge in [-0.3, -0.25) is 0 Å². The molecule has 0 saturated heterocycles. The molecule has 0 unspecified atom stereocenters. The molecule has 0 aliphatic heterocycles. The molecule has 2 rings (SSSR count). The average molecular weight is 286 g/mol. The number of rotatable bonds is 3. The van der Waals surface area contributed by atoms with Crippen molar-refractivity contribution in [3.63, 3.8) is 0 Å². The quantitative estimate of drug-likeness (QED) is 0.679. The first-order valence-corrected chi connectivity index (χ1v) is 6.39. The van der Waals surface area contributed by atoms with Crippen LogP contribution >= 0.6 is 34.8 Å². The summed E-state index contributed by atoms with van der Waals surface area (Å²) in [6.07, 6.45) is 0.553. The highest BCUT2D eigenvalue weighted by Crippen LogP contribution is 2.37. The van der Waals surface area contributed by atoms with Crippen LogP contribution in [-0.4, -0.2) is 0 Å². The Morgan fingerprint density at radius 3 is 2.00 bits per heavy atom. The number of alkyl halides is 2. The number of hydrogen-bond acceptors (Lipinski definition) is 0. The molecule has 0 spiro atoms. The standard InChI is InChI=1S/C14H11Cl3/c15-13-8-6-11(7-9-13)10-14(16,17)12-4-2-1-3-5-12/h1-9H,10H2. The van der Waals surface area contributed by atoms with Crippen LogP contribution < -0.4 is 0 Å². The average Bonchev–Trinajstić information content (AvgIpc) is 2.33. The minimum Gasteiger partial charge on any atom is -0.0959 e. The fraction of sp³-hybridized carbons (Fsp3) is 0.143. The Morgan fingerprint density at radius 2 is 1.41 bits per heavy atom. The van der Waals surface area contributed by atoms with Crippen molar-refractivity contribution in [2.24, 2.45) is 0 Å². The lowest BCUT2D eigenvalue weighted by molar-refractivity contribution is 0.837. The summed E-state index contributed by atoms with van der Waals surface area (Å²) in [6.45, 7) is 0. The number of hydrogen-bond donors (Lipinski definition) is 0. The second kappa shape index (κ2) is 5.30. The zero-order chi connectivity index (χ0) is 12.3. The summed E-state index contributed by atoms with van der Waals surface area (Å²) in [6, 6.07) is 17.2. The van der Waals surface area contributed by atoms with Crippen molar-refractivity contribution < 1.29 is 0 Å². The molecule has 0 saturated carbocycles. The minimum absolute atomic E-state index is 0.553. The first-order chi connectivity index (χ1) is 8.08. The summed E-state index contributed by atoms with van der Waals surface area (Å²) in [7, 11) is 0. The van der Waals surface area contributed by atoms with Crippen LogP contribution in [0.25, 0.3) is 0 Å². The second-order valence-corrected chi connectivity index (χ2v) is 5.79. The van der Waals surface area contributed by atoms with Crippen molar-refractivity contribution in [2.75, 3.05) is 0 Å². The first kappa shape index (κ1) is 12.8. The van der Waals surface area contributed by atoms with E-state index in [1.807, 2.05) is 54.6 Å². The van der Waals surface area contributed by atoms with Gasteiger partial charge in [0.15, 0.2) is 0 Å². The monoisotopic (exact) mass is 284 g/mol. The molecule has 0 radical (unpaired) electrons. The largest absolute Gasteiger partial charge is 0.147 e. The van der Waals surface area contributed by atoms with Gasteiger partial charge < -0.3 is 0 Å². The van der Waals surface area contributed by atoms with E-state index in [0.29, 0.717) is 11.4 Å². The van der Waals surface area contributed by atoms with E-state index in [4.69, 9.17) is 34.8 Å². The molecule has 0 atom stereocenters. The third kappa shape index (κ3) is 3.38. The van der Waals surface area contributed by atoms with Crippen LogP contribution in [0, 0.1) is 0 Å². The van der Waals surface area contributed by atoms with Gasteiger partial charge in [-0.25, -0.2) is 0 Å². The molecule has 0 aliphatic rings. The molecule has 3 heteroatoms. The minimum atomic E-state index is -0.908. The third-order valence-electron chi connectivity index (χ3n) is 2.54. The Labute approximate surface area is 116 Å². The summed E-state index contributed by atoms with van der Waals surface area (Å²) in [4.78, 5) is 0. The lowest BCUT2D eigenvalue weighted by atomic mass is 10.0. The Bertz CT molecular complexity index is 475. The SMILES string of the molecule is Clc1ccc(CC(Cl)(Cl)c2ccccc2)cc1. The van der Waals surface area contributed by atoms with E-state index in [1.165, 1.54) is 0 Å². The summed E-state index contributed by atoms with van der Waals surface area (Å²) in [5, 5.41) is 0.711. The molecule has 88 valence electrons. The Hall–Kier alpha value is -0.690. The smallest absolute Gasteiger partial charge is 0.0959 e. The van der Waals surface area contributed by atoms with Crippen LogP contribution in [0.1, 0.15) is 11.1 Å². The molecule has 0 nitrogen and oxygen atoms in total. The number of halogens is 3. The Kier molecular flexibility index (Phi) is 3.98. The van der Waals surface area contributed by atoms with Gasteiger partial charge in [0.05, 0.1) is 0 Å². The van der Waals surface area contributed by atoms with E-state index in [2.05, 4.69) is 0 Å². The van der Waals surface area contributed by atoms with Gasteiger partial charge in [-0.05, 0) is 23.3 Å². The maximum atomic E-state index is 6.37. The summed E-state index contributed by atoms with van der Waals surface area (Å²) in [5.41, 5.74) is 1.96. The molecule has 0 N–H and O–H groups in total. The molecule has 0 aliphatic carbocycles. The molecule has 0 aromatic heterocycles. The molecular formula is C14H11Cl3. The van der Waals surface area contributed by atoms with Crippen molar-refractivity contribution >= 4 is 34.8 Å². The van der Waals surface area contributed by atoms with Crippen LogP contribution in [-0.2, 0) is 10.8 Å². The first-order valence-electron chi connectivity index (χ1n) is 5.26. The van der Waals surface area contributed by atoms with E-state index in [-0.39, 0.29) is 0 Å². The summed E-state index contributed by atoms with van der Waals surface area (Å²) < 4.78 is -0.908. The molecule has 0 fully saturated rings. The van der Waals surface area contributed by atoms with Crippen molar-refractivity contribution in [1.82, 2.24) is 0 Å². The Morgan fingerprint density at radius 1 is 0.824 bits per heavy atom. The van der Waals surface area contributed by atoms with E-state index < -0.39 is 4.33 Å². The maximum absolute atomic E-state index is 6.37. The molecular weight excluding hydrogens is 275 g/mol. The fourth-order valence-electron chi connectivity index (χ4n) is 1.64. The van der Waals surface area contributed by atoms with Gasteiger partial charge in [-0.2, -0.15) is 0 Å². The van der Waals surface area contributed by atoms with E-state index in [1.54, 1.807) is 0 Å². The van der Waals surface area contributed by atoms with Gasteiger partial charge in [-0.1, -0.05) is 77.3 Å². The lowest BCUT2D eigenvalue weighted by Crippen LogP contribution is -2.13. The van der Waals surface area contributed by atoms with Crippen LogP contribution in [0.2, 0.25) is 5.02 Å². The highest BCUT2D eigenvalue weighted by Gasteiger charge is 2.26. The maximum Gasteiger partial charge on any atom is 0.147 e. The van der Waals surface area contributed by atoms with Crippen molar-refractivity contribution in [3.05, 3.63) is 70.7 Å². The van der Waals surface area contributed by atoms with Crippen LogP contribution in [0.15, 0.2) is 54.6 Å². The summed E-state index contributed by atoms with van der Waals surface area (Å²) >= 11 is 18.6. The van der Waals surface area contributed by atoms with E-state index in [9.17, 15) is 0 Å². The van der Waals surface area contributed by atoms with Gasteiger partial charge in [0, 0.05) is 11.4 Å². The molecule has 2 aromatic carbocycles. The predicted molar refractivity (Wildman–Crippen MR) is 75.0 cm³/mol. The zero-order valence-corrected chi connectivity index (χ0v) is 11.3. The normalized spacial score (nSPS) is 11.5. The molecule has 0 amide bonds. The van der Waals surface area contributed by atoms with Gasteiger partial charge in [0.2, 0.25) is 0 Å². The summed E-state index contributed by atoms with van der Waals surface area (Å²) in [5.74, 6) is 0. The number of benzene rings is 2. The fourth-order valence-corrected chi connectivity index (χ4v) is 2.33. The second-order valence-electron chi connectivity index (χ2n) is 3.87. The molecule has 2 aromatic rings. The van der Waals surface area contributed by atoms with Crippen LogP contribution in [0.4, 0.5) is 0 Å². The van der Waals surface area contributed by atoms with E-state index >= 15 is 0 Å².